The number of nitrogens with zero attached hydrogens (tertiary/aromatic N) is 1. The molecule has 0 radical (unpaired) electrons. The van der Waals surface area contributed by atoms with Gasteiger partial charge in [-0.05, 0) is 28.1 Å². The molecule has 0 atom stereocenters. The molecule has 0 bridgehead atoms. The molecule has 1 aromatic heterocycles. The highest BCUT2D eigenvalue weighted by atomic mass is 79.9. The van der Waals surface area contributed by atoms with Crippen LogP contribution in [-0.4, -0.2) is 4.98 Å². The molecule has 0 saturated heterocycles. The van der Waals surface area contributed by atoms with E-state index in [0.29, 0.717) is 0 Å². The number of benzene rings is 1. The fraction of sp³-hybridized carbons (Fsp3) is 0.100. The molecule has 0 spiro atoms. The van der Waals surface area contributed by atoms with Gasteiger partial charge in [0.2, 0.25) is 0 Å². The summed E-state index contributed by atoms with van der Waals surface area (Å²) in [6.07, 6.45) is 0. The number of alkyl halides is 1. The van der Waals surface area contributed by atoms with Crippen LogP contribution in [0.1, 0.15) is 5.69 Å². The van der Waals surface area contributed by atoms with E-state index in [-0.39, 0.29) is 0 Å². The molecular formula is C10H7Br2N. The highest BCUT2D eigenvalue weighted by Crippen LogP contribution is 2.22. The standard InChI is InChI=1S/C10H7Br2N/c11-6-10-8(12)5-7-3-1-2-4-9(7)13-10/h1-5H,6H2. The Morgan fingerprint density at radius 1 is 1.23 bits per heavy atom. The third-order valence-corrected chi connectivity index (χ3v) is 3.09. The van der Waals surface area contributed by atoms with Crippen LogP contribution in [0.5, 0.6) is 0 Å². The molecule has 0 N–H and O–H groups in total. The monoisotopic (exact) mass is 299 g/mol. The maximum absolute atomic E-state index is 4.50. The van der Waals surface area contributed by atoms with E-state index in [0.717, 1.165) is 21.0 Å². The van der Waals surface area contributed by atoms with Crippen molar-refractivity contribution in [2.45, 2.75) is 5.33 Å². The lowest BCUT2D eigenvalue weighted by atomic mass is 10.2. The smallest absolute Gasteiger partial charge is 0.0706 e. The van der Waals surface area contributed by atoms with E-state index in [2.05, 4.69) is 49.0 Å². The number of rotatable bonds is 1. The van der Waals surface area contributed by atoms with E-state index in [1.807, 2.05) is 18.2 Å². The van der Waals surface area contributed by atoms with Gasteiger partial charge in [-0.25, -0.2) is 0 Å². The highest BCUT2D eigenvalue weighted by molar-refractivity contribution is 9.10. The Kier molecular flexibility index (Phi) is 2.65. The Labute approximate surface area is 93.4 Å². The molecule has 0 amide bonds. The first-order valence-corrected chi connectivity index (χ1v) is 5.83. The maximum atomic E-state index is 4.50. The van der Waals surface area contributed by atoms with Crippen LogP contribution in [0, 0.1) is 0 Å². The molecule has 2 aromatic rings. The van der Waals surface area contributed by atoms with Gasteiger partial charge in [0.1, 0.15) is 0 Å². The van der Waals surface area contributed by atoms with Crippen LogP contribution in [0.2, 0.25) is 0 Å². The second-order valence-electron chi connectivity index (χ2n) is 2.74. The zero-order chi connectivity index (χ0) is 9.26. The number of pyridine rings is 1. The topological polar surface area (TPSA) is 12.9 Å². The lowest BCUT2D eigenvalue weighted by Crippen LogP contribution is -1.87. The van der Waals surface area contributed by atoms with Crippen molar-refractivity contribution in [2.24, 2.45) is 0 Å². The summed E-state index contributed by atoms with van der Waals surface area (Å²) < 4.78 is 1.06. The summed E-state index contributed by atoms with van der Waals surface area (Å²) in [4.78, 5) is 4.50. The summed E-state index contributed by atoms with van der Waals surface area (Å²) in [7, 11) is 0. The summed E-state index contributed by atoms with van der Waals surface area (Å²) in [6, 6.07) is 10.2. The Bertz CT molecular complexity index is 440. The van der Waals surface area contributed by atoms with Crippen molar-refractivity contribution in [2.75, 3.05) is 0 Å². The fourth-order valence-electron chi connectivity index (χ4n) is 1.22. The van der Waals surface area contributed by atoms with Crippen LogP contribution in [-0.2, 0) is 5.33 Å². The van der Waals surface area contributed by atoms with Gasteiger partial charge < -0.3 is 0 Å². The first-order chi connectivity index (χ1) is 6.31. The molecule has 0 saturated carbocycles. The summed E-state index contributed by atoms with van der Waals surface area (Å²) in [6.45, 7) is 0. The van der Waals surface area contributed by atoms with E-state index in [1.165, 1.54) is 5.39 Å². The minimum Gasteiger partial charge on any atom is -0.251 e. The fourth-order valence-corrected chi connectivity index (χ4v) is 2.50. The molecule has 3 heteroatoms. The first-order valence-electron chi connectivity index (χ1n) is 3.91. The molecule has 0 aliphatic rings. The summed E-state index contributed by atoms with van der Waals surface area (Å²) in [5.74, 6) is 0. The third-order valence-electron chi connectivity index (χ3n) is 1.88. The van der Waals surface area contributed by atoms with E-state index in [4.69, 9.17) is 0 Å². The largest absolute Gasteiger partial charge is 0.251 e. The van der Waals surface area contributed by atoms with Crippen molar-refractivity contribution < 1.29 is 0 Å². The van der Waals surface area contributed by atoms with E-state index in [1.54, 1.807) is 0 Å². The van der Waals surface area contributed by atoms with Gasteiger partial charge in [-0.1, -0.05) is 34.1 Å². The number of hydrogen-bond donors (Lipinski definition) is 0. The van der Waals surface area contributed by atoms with Crippen LogP contribution in [0.3, 0.4) is 0 Å². The molecule has 1 nitrogen and oxygen atoms in total. The normalized spacial score (nSPS) is 10.6. The van der Waals surface area contributed by atoms with Crippen LogP contribution in [0.4, 0.5) is 0 Å². The molecule has 0 aliphatic carbocycles. The SMILES string of the molecule is BrCc1nc2ccccc2cc1Br. The number of halogens is 2. The van der Waals surface area contributed by atoms with Crippen molar-refractivity contribution in [1.82, 2.24) is 4.98 Å². The van der Waals surface area contributed by atoms with Crippen molar-refractivity contribution in [3.63, 3.8) is 0 Å². The predicted molar refractivity (Wildman–Crippen MR) is 62.1 cm³/mol. The molecule has 1 heterocycles. The van der Waals surface area contributed by atoms with Crippen molar-refractivity contribution in [3.8, 4) is 0 Å². The van der Waals surface area contributed by atoms with Gasteiger partial charge in [0.05, 0.1) is 11.2 Å². The van der Waals surface area contributed by atoms with Gasteiger partial charge in [-0.15, -0.1) is 0 Å². The molecule has 13 heavy (non-hydrogen) atoms. The predicted octanol–water partition coefficient (Wildman–Crippen LogP) is 3.89. The van der Waals surface area contributed by atoms with E-state index in [9.17, 15) is 0 Å². The summed E-state index contributed by atoms with van der Waals surface area (Å²) in [5.41, 5.74) is 2.08. The second kappa shape index (κ2) is 3.76. The van der Waals surface area contributed by atoms with E-state index >= 15 is 0 Å². The molecule has 2 rings (SSSR count). The zero-order valence-electron chi connectivity index (χ0n) is 6.80. The average Bonchev–Trinajstić information content (AvgIpc) is 2.17. The van der Waals surface area contributed by atoms with Gasteiger partial charge in [-0.3, -0.25) is 4.98 Å². The molecule has 1 aromatic carbocycles. The highest BCUT2D eigenvalue weighted by Gasteiger charge is 2.01. The molecular weight excluding hydrogens is 294 g/mol. The zero-order valence-corrected chi connectivity index (χ0v) is 9.97. The lowest BCUT2D eigenvalue weighted by molar-refractivity contribution is 1.21. The Hall–Kier alpha value is -0.410. The maximum Gasteiger partial charge on any atom is 0.0706 e. The Morgan fingerprint density at radius 2 is 2.00 bits per heavy atom. The minimum absolute atomic E-state index is 0.776. The molecule has 0 fully saturated rings. The van der Waals surface area contributed by atoms with Gasteiger partial charge >= 0.3 is 0 Å². The number of aromatic nitrogens is 1. The van der Waals surface area contributed by atoms with E-state index < -0.39 is 0 Å². The minimum atomic E-state index is 0.776. The third kappa shape index (κ3) is 1.76. The van der Waals surface area contributed by atoms with Gasteiger partial charge in [0, 0.05) is 15.2 Å². The number of fused-ring (bicyclic) bond motifs is 1. The number of para-hydroxylation sites is 1. The summed E-state index contributed by atoms with van der Waals surface area (Å²) in [5, 5.41) is 1.94. The van der Waals surface area contributed by atoms with Crippen LogP contribution in [0.15, 0.2) is 34.8 Å². The molecule has 66 valence electrons. The number of hydrogen-bond acceptors (Lipinski definition) is 1. The van der Waals surface area contributed by atoms with Gasteiger partial charge in [-0.2, -0.15) is 0 Å². The Morgan fingerprint density at radius 3 is 2.77 bits per heavy atom. The van der Waals surface area contributed by atoms with Crippen molar-refractivity contribution >= 4 is 42.8 Å². The Balaban J connectivity index is 2.74. The molecule has 0 unspecified atom stereocenters. The van der Waals surface area contributed by atoms with Gasteiger partial charge in [0.25, 0.3) is 0 Å². The van der Waals surface area contributed by atoms with Crippen molar-refractivity contribution in [3.05, 3.63) is 40.5 Å². The molecule has 0 aliphatic heterocycles. The average molecular weight is 301 g/mol. The first kappa shape index (κ1) is 9.16. The lowest BCUT2D eigenvalue weighted by Gasteiger charge is -2.02. The van der Waals surface area contributed by atoms with Crippen molar-refractivity contribution in [1.29, 1.82) is 0 Å². The van der Waals surface area contributed by atoms with Gasteiger partial charge in [0.15, 0.2) is 0 Å². The van der Waals surface area contributed by atoms with Crippen LogP contribution < -0.4 is 0 Å². The second-order valence-corrected chi connectivity index (χ2v) is 4.16. The summed E-state index contributed by atoms with van der Waals surface area (Å²) >= 11 is 6.89. The van der Waals surface area contributed by atoms with Crippen LogP contribution >= 0.6 is 31.9 Å². The van der Waals surface area contributed by atoms with Crippen LogP contribution in [0.25, 0.3) is 10.9 Å². The quantitative estimate of drug-likeness (QED) is 0.728.